The van der Waals surface area contributed by atoms with E-state index in [0.717, 1.165) is 19.3 Å². The van der Waals surface area contributed by atoms with Crippen molar-refractivity contribution < 1.29 is 14.3 Å². The van der Waals surface area contributed by atoms with Gasteiger partial charge in [0, 0.05) is 12.6 Å². The van der Waals surface area contributed by atoms with E-state index in [9.17, 15) is 9.59 Å². The normalized spacial score (nSPS) is 18.9. The van der Waals surface area contributed by atoms with E-state index in [1.165, 1.54) is 18.1 Å². The highest BCUT2D eigenvalue weighted by Gasteiger charge is 2.28. The van der Waals surface area contributed by atoms with Gasteiger partial charge in [-0.05, 0) is 19.3 Å². The number of hydrogen-bond acceptors (Lipinski definition) is 6. The number of esters is 1. The molecule has 1 fully saturated rings. The first-order valence-electron chi connectivity index (χ1n) is 6.61. The van der Waals surface area contributed by atoms with Gasteiger partial charge < -0.3 is 15.4 Å². The lowest BCUT2D eigenvalue weighted by atomic mass is 9.99. The van der Waals surface area contributed by atoms with Gasteiger partial charge in [0.15, 0.2) is 0 Å². The lowest BCUT2D eigenvalue weighted by Gasteiger charge is -2.35. The minimum absolute atomic E-state index is 0.0801. The largest absolute Gasteiger partial charge is 0.469 e. The molecular weight excluding hydrogens is 262 g/mol. The Hall–Kier alpha value is -2.12. The Morgan fingerprint density at radius 2 is 2.30 bits per heavy atom. The number of ether oxygens (including phenoxy) is 1. The van der Waals surface area contributed by atoms with Crippen LogP contribution in [0.4, 0.5) is 5.95 Å². The molecule has 8 heteroatoms. The molecule has 1 aliphatic heterocycles. The number of aromatic nitrogens is 3. The van der Waals surface area contributed by atoms with Crippen molar-refractivity contribution in [2.24, 2.45) is 0 Å². The molecule has 1 aliphatic rings. The molecule has 1 unspecified atom stereocenters. The van der Waals surface area contributed by atoms with E-state index in [1.54, 1.807) is 4.90 Å². The molecule has 1 aromatic heterocycles. The summed E-state index contributed by atoms with van der Waals surface area (Å²) in [6, 6.07) is -0.0930. The molecule has 0 radical (unpaired) electrons. The van der Waals surface area contributed by atoms with Crippen molar-refractivity contribution in [1.29, 1.82) is 0 Å². The molecule has 0 aliphatic carbocycles. The lowest BCUT2D eigenvalue weighted by Crippen LogP contribution is -2.46. The highest BCUT2D eigenvalue weighted by atomic mass is 16.5. The summed E-state index contributed by atoms with van der Waals surface area (Å²) in [5, 5.41) is 3.89. The molecule has 1 amide bonds. The summed E-state index contributed by atoms with van der Waals surface area (Å²) in [5.41, 5.74) is 5.41. The maximum atomic E-state index is 12.3. The number of rotatable bonds is 4. The molecule has 0 saturated carbocycles. The Morgan fingerprint density at radius 3 is 2.95 bits per heavy atom. The fraction of sp³-hybridized carbons (Fsp3) is 0.667. The van der Waals surface area contributed by atoms with E-state index in [0.29, 0.717) is 6.54 Å². The molecular formula is C12H19N5O3. The van der Waals surface area contributed by atoms with Gasteiger partial charge in [0.25, 0.3) is 0 Å². The maximum absolute atomic E-state index is 12.3. The zero-order valence-electron chi connectivity index (χ0n) is 11.5. The second-order valence-corrected chi connectivity index (χ2v) is 4.82. The number of carbonyl (C=O) groups excluding carboxylic acids is 2. The molecule has 20 heavy (non-hydrogen) atoms. The van der Waals surface area contributed by atoms with Crippen molar-refractivity contribution in [1.82, 2.24) is 19.7 Å². The SMILES string of the molecule is COC(=O)CC1CCCCN1C(=O)Cn1cnc(N)n1. The monoisotopic (exact) mass is 281 g/mol. The number of nitrogens with zero attached hydrogens (tertiary/aromatic N) is 4. The minimum atomic E-state index is -0.292. The predicted molar refractivity (Wildman–Crippen MR) is 70.4 cm³/mol. The minimum Gasteiger partial charge on any atom is -0.469 e. The number of carbonyl (C=O) groups is 2. The summed E-state index contributed by atoms with van der Waals surface area (Å²) < 4.78 is 6.09. The van der Waals surface area contributed by atoms with Gasteiger partial charge in [-0.3, -0.25) is 9.59 Å². The molecule has 1 aromatic rings. The molecule has 2 N–H and O–H groups in total. The average molecular weight is 281 g/mol. The zero-order valence-corrected chi connectivity index (χ0v) is 11.5. The first-order chi connectivity index (χ1) is 9.60. The van der Waals surface area contributed by atoms with E-state index < -0.39 is 0 Å². The molecule has 8 nitrogen and oxygen atoms in total. The molecule has 1 saturated heterocycles. The van der Waals surface area contributed by atoms with Crippen LogP contribution in [-0.2, 0) is 20.9 Å². The second kappa shape index (κ2) is 6.36. The molecule has 0 bridgehead atoms. The first-order valence-corrected chi connectivity index (χ1v) is 6.61. The van der Waals surface area contributed by atoms with Crippen LogP contribution in [0.25, 0.3) is 0 Å². The topological polar surface area (TPSA) is 103 Å². The fourth-order valence-electron chi connectivity index (χ4n) is 2.43. The van der Waals surface area contributed by atoms with Gasteiger partial charge in [0.05, 0.1) is 13.5 Å². The van der Waals surface area contributed by atoms with Gasteiger partial charge >= 0.3 is 5.97 Å². The van der Waals surface area contributed by atoms with Crippen LogP contribution in [0.2, 0.25) is 0 Å². The van der Waals surface area contributed by atoms with E-state index in [-0.39, 0.29) is 36.8 Å². The molecule has 110 valence electrons. The smallest absolute Gasteiger partial charge is 0.307 e. The van der Waals surface area contributed by atoms with Crippen LogP contribution >= 0.6 is 0 Å². The van der Waals surface area contributed by atoms with Gasteiger partial charge in [0.2, 0.25) is 11.9 Å². The number of methoxy groups -OCH3 is 1. The third-order valence-electron chi connectivity index (χ3n) is 3.43. The van der Waals surface area contributed by atoms with Gasteiger partial charge in [-0.25, -0.2) is 9.67 Å². The quantitative estimate of drug-likeness (QED) is 0.767. The van der Waals surface area contributed by atoms with E-state index in [4.69, 9.17) is 5.73 Å². The Morgan fingerprint density at radius 1 is 1.50 bits per heavy atom. The van der Waals surface area contributed by atoms with Crippen LogP contribution in [0.15, 0.2) is 6.33 Å². The number of piperidine rings is 1. The molecule has 2 rings (SSSR count). The van der Waals surface area contributed by atoms with Crippen molar-refractivity contribution in [2.45, 2.75) is 38.3 Å². The summed E-state index contributed by atoms with van der Waals surface area (Å²) in [6.07, 6.45) is 4.44. The number of hydrogen-bond donors (Lipinski definition) is 1. The fourth-order valence-corrected chi connectivity index (χ4v) is 2.43. The Kier molecular flexibility index (Phi) is 4.54. The number of nitrogen functional groups attached to an aromatic ring is 1. The van der Waals surface area contributed by atoms with Gasteiger partial charge in [0.1, 0.15) is 12.9 Å². The summed E-state index contributed by atoms with van der Waals surface area (Å²) in [7, 11) is 1.36. The van der Waals surface area contributed by atoms with Crippen molar-refractivity contribution in [3.05, 3.63) is 6.33 Å². The van der Waals surface area contributed by atoms with Crippen molar-refractivity contribution in [3.8, 4) is 0 Å². The van der Waals surface area contributed by atoms with Gasteiger partial charge in [-0.15, -0.1) is 5.10 Å². The summed E-state index contributed by atoms with van der Waals surface area (Å²) in [5.74, 6) is -0.231. The third-order valence-corrected chi connectivity index (χ3v) is 3.43. The van der Waals surface area contributed by atoms with Crippen LogP contribution in [0.3, 0.4) is 0 Å². The van der Waals surface area contributed by atoms with Crippen LogP contribution in [-0.4, -0.2) is 51.2 Å². The summed E-state index contributed by atoms with van der Waals surface area (Å²) >= 11 is 0. The van der Waals surface area contributed by atoms with Crippen molar-refractivity contribution in [2.75, 3.05) is 19.4 Å². The average Bonchev–Trinajstić information content (AvgIpc) is 2.84. The first kappa shape index (κ1) is 14.3. The van der Waals surface area contributed by atoms with Crippen LogP contribution < -0.4 is 5.73 Å². The standard InChI is InChI=1S/C12H19N5O3/c1-20-11(19)6-9-4-2-3-5-17(9)10(18)7-16-8-14-12(13)15-16/h8-9H,2-7H2,1H3,(H2,13,15). The van der Waals surface area contributed by atoms with Crippen LogP contribution in [0, 0.1) is 0 Å². The van der Waals surface area contributed by atoms with Gasteiger partial charge in [-0.1, -0.05) is 0 Å². The highest BCUT2D eigenvalue weighted by molar-refractivity contribution is 5.77. The summed E-state index contributed by atoms with van der Waals surface area (Å²) in [6.45, 7) is 0.743. The van der Waals surface area contributed by atoms with E-state index in [2.05, 4.69) is 14.8 Å². The number of likely N-dealkylation sites (tertiary alicyclic amines) is 1. The van der Waals surface area contributed by atoms with Crippen LogP contribution in [0.5, 0.6) is 0 Å². The molecule has 1 atom stereocenters. The Balaban J connectivity index is 1.99. The summed E-state index contributed by atoms with van der Waals surface area (Å²) in [4.78, 5) is 29.2. The Bertz CT molecular complexity index is 487. The van der Waals surface area contributed by atoms with E-state index >= 15 is 0 Å². The lowest BCUT2D eigenvalue weighted by molar-refractivity contribution is -0.144. The Labute approximate surface area is 116 Å². The predicted octanol–water partition coefficient (Wildman–Crippen LogP) is -0.195. The molecule has 0 aromatic carbocycles. The van der Waals surface area contributed by atoms with E-state index in [1.807, 2.05) is 0 Å². The maximum Gasteiger partial charge on any atom is 0.307 e. The van der Waals surface area contributed by atoms with Gasteiger partial charge in [-0.2, -0.15) is 0 Å². The number of amides is 1. The highest BCUT2D eigenvalue weighted by Crippen LogP contribution is 2.20. The zero-order chi connectivity index (χ0) is 14.5. The molecule has 0 spiro atoms. The second-order valence-electron chi connectivity index (χ2n) is 4.82. The van der Waals surface area contributed by atoms with Crippen LogP contribution in [0.1, 0.15) is 25.7 Å². The van der Waals surface area contributed by atoms with Crippen molar-refractivity contribution in [3.63, 3.8) is 0 Å². The number of nitrogens with two attached hydrogens (primary N) is 1. The van der Waals surface area contributed by atoms with Crippen molar-refractivity contribution >= 4 is 17.8 Å². The third kappa shape index (κ3) is 3.46. The number of anilines is 1. The molecule has 2 heterocycles.